The molecule has 0 amide bonds. The lowest BCUT2D eigenvalue weighted by Gasteiger charge is -2.14. The van der Waals surface area contributed by atoms with Crippen LogP contribution in [0.5, 0.6) is 5.75 Å². The molecule has 0 heterocycles. The predicted octanol–water partition coefficient (Wildman–Crippen LogP) is 2.55. The van der Waals surface area contributed by atoms with E-state index >= 15 is 0 Å². The topological polar surface area (TPSA) is 65.9 Å². The van der Waals surface area contributed by atoms with Crippen LogP contribution in [0.25, 0.3) is 0 Å². The molecule has 0 aliphatic heterocycles. The highest BCUT2D eigenvalue weighted by molar-refractivity contribution is 14.0. The summed E-state index contributed by atoms with van der Waals surface area (Å²) in [5, 5.41) is 15.5. The summed E-state index contributed by atoms with van der Waals surface area (Å²) in [7, 11) is 0. The van der Waals surface area contributed by atoms with Gasteiger partial charge in [-0.3, -0.25) is 0 Å². The molecule has 1 aromatic carbocycles. The molecule has 0 aliphatic rings. The van der Waals surface area contributed by atoms with E-state index in [1.807, 2.05) is 38.1 Å². The summed E-state index contributed by atoms with van der Waals surface area (Å²) < 4.78 is 5.63. The molecule has 0 saturated heterocycles. The fourth-order valence-corrected chi connectivity index (χ4v) is 1.77. The van der Waals surface area contributed by atoms with Gasteiger partial charge in [-0.2, -0.15) is 0 Å². The number of aliphatic hydroxyl groups is 1. The third kappa shape index (κ3) is 8.80. The van der Waals surface area contributed by atoms with Gasteiger partial charge in [-0.1, -0.05) is 37.8 Å². The Labute approximate surface area is 156 Å². The summed E-state index contributed by atoms with van der Waals surface area (Å²) in [6.45, 7) is 10.3. The van der Waals surface area contributed by atoms with Crippen molar-refractivity contribution in [1.82, 2.24) is 10.6 Å². The summed E-state index contributed by atoms with van der Waals surface area (Å²) in [5.41, 5.74) is 1.02. The first-order valence-corrected chi connectivity index (χ1v) is 7.65. The van der Waals surface area contributed by atoms with Crippen molar-refractivity contribution in [2.45, 2.75) is 20.4 Å². The van der Waals surface area contributed by atoms with Gasteiger partial charge in [0.2, 0.25) is 0 Å². The lowest BCUT2D eigenvalue weighted by Crippen LogP contribution is -2.39. The van der Waals surface area contributed by atoms with Crippen molar-refractivity contribution < 1.29 is 9.84 Å². The highest BCUT2D eigenvalue weighted by Crippen LogP contribution is 2.18. The molecule has 0 aromatic heterocycles. The Morgan fingerprint density at radius 3 is 2.78 bits per heavy atom. The number of halogens is 1. The van der Waals surface area contributed by atoms with E-state index in [1.54, 1.807) is 6.08 Å². The van der Waals surface area contributed by atoms with Gasteiger partial charge in [0.25, 0.3) is 0 Å². The van der Waals surface area contributed by atoms with Crippen LogP contribution in [-0.4, -0.2) is 37.4 Å². The average molecular weight is 433 g/mol. The zero-order valence-electron chi connectivity index (χ0n) is 13.9. The van der Waals surface area contributed by atoms with E-state index in [-0.39, 0.29) is 36.5 Å². The Balaban J connectivity index is 0.00000484. The van der Waals surface area contributed by atoms with Gasteiger partial charge in [-0.05, 0) is 18.9 Å². The monoisotopic (exact) mass is 433 g/mol. The molecule has 130 valence electrons. The van der Waals surface area contributed by atoms with Gasteiger partial charge in [0.15, 0.2) is 5.96 Å². The number of aliphatic hydroxyl groups excluding tert-OH is 1. The number of ether oxygens (including phenoxy) is 1. The summed E-state index contributed by atoms with van der Waals surface area (Å²) in [6, 6.07) is 7.85. The number of rotatable bonds is 9. The van der Waals surface area contributed by atoms with E-state index in [0.717, 1.165) is 23.8 Å². The van der Waals surface area contributed by atoms with Gasteiger partial charge in [0, 0.05) is 25.3 Å². The van der Waals surface area contributed by atoms with Gasteiger partial charge in [-0.15, -0.1) is 24.0 Å². The minimum absolute atomic E-state index is 0. The van der Waals surface area contributed by atoms with Crippen LogP contribution in [-0.2, 0) is 6.54 Å². The first kappa shape index (κ1) is 21.7. The molecular weight excluding hydrogens is 405 g/mol. The molecule has 0 radical (unpaired) electrons. The predicted molar refractivity (Wildman–Crippen MR) is 107 cm³/mol. The highest BCUT2D eigenvalue weighted by Gasteiger charge is 2.04. The minimum atomic E-state index is 0. The van der Waals surface area contributed by atoms with Crippen molar-refractivity contribution in [1.29, 1.82) is 0 Å². The molecule has 0 spiro atoms. The third-order valence-electron chi connectivity index (χ3n) is 3.01. The molecule has 1 atom stereocenters. The number of nitrogens with zero attached hydrogens (tertiary/aromatic N) is 1. The third-order valence-corrected chi connectivity index (χ3v) is 3.01. The van der Waals surface area contributed by atoms with Gasteiger partial charge >= 0.3 is 0 Å². The first-order valence-electron chi connectivity index (χ1n) is 7.65. The van der Waals surface area contributed by atoms with E-state index in [0.29, 0.717) is 19.7 Å². The van der Waals surface area contributed by atoms with Crippen molar-refractivity contribution in [2.24, 2.45) is 10.9 Å². The molecule has 3 N–H and O–H groups in total. The number of aliphatic imine (C=N–C) groups is 1. The van der Waals surface area contributed by atoms with Crippen LogP contribution in [0.15, 0.2) is 41.9 Å². The molecule has 0 fully saturated rings. The number of guanidine groups is 1. The fourth-order valence-electron chi connectivity index (χ4n) is 1.77. The largest absolute Gasteiger partial charge is 0.489 e. The van der Waals surface area contributed by atoms with Crippen LogP contribution in [0.2, 0.25) is 0 Å². The van der Waals surface area contributed by atoms with Crippen LogP contribution >= 0.6 is 24.0 Å². The lowest BCUT2D eigenvalue weighted by molar-refractivity contribution is 0.238. The smallest absolute Gasteiger partial charge is 0.191 e. The molecule has 0 aliphatic carbocycles. The van der Waals surface area contributed by atoms with Crippen LogP contribution in [0.4, 0.5) is 0 Å². The van der Waals surface area contributed by atoms with Crippen LogP contribution in [0, 0.1) is 5.92 Å². The van der Waals surface area contributed by atoms with Crippen LogP contribution in [0.3, 0.4) is 0 Å². The van der Waals surface area contributed by atoms with Gasteiger partial charge in [-0.25, -0.2) is 4.99 Å². The molecule has 0 saturated carbocycles. The molecule has 1 aromatic rings. The maximum atomic E-state index is 9.08. The summed E-state index contributed by atoms with van der Waals surface area (Å²) in [5.74, 6) is 1.75. The zero-order valence-corrected chi connectivity index (χ0v) is 16.2. The molecular formula is C17H28IN3O2. The number of benzene rings is 1. The molecule has 6 heteroatoms. The van der Waals surface area contributed by atoms with Crippen molar-refractivity contribution >= 4 is 29.9 Å². The van der Waals surface area contributed by atoms with Gasteiger partial charge in [0.05, 0.1) is 6.54 Å². The minimum Gasteiger partial charge on any atom is -0.489 e. The van der Waals surface area contributed by atoms with Gasteiger partial charge < -0.3 is 20.5 Å². The Bertz CT molecular complexity index is 481. The van der Waals surface area contributed by atoms with Gasteiger partial charge in [0.1, 0.15) is 12.4 Å². The number of hydrogen-bond donors (Lipinski definition) is 3. The zero-order chi connectivity index (χ0) is 16.2. The number of para-hydroxylation sites is 1. The van der Waals surface area contributed by atoms with Crippen LogP contribution < -0.4 is 15.4 Å². The Hall–Kier alpha value is -1.28. The Kier molecular flexibility index (Phi) is 12.5. The second-order valence-corrected chi connectivity index (χ2v) is 5.07. The van der Waals surface area contributed by atoms with Crippen molar-refractivity contribution in [3.05, 3.63) is 42.5 Å². The quantitative estimate of drug-likeness (QED) is 0.243. The van der Waals surface area contributed by atoms with E-state index < -0.39 is 0 Å². The normalized spacial score (nSPS) is 12.0. The molecule has 0 bridgehead atoms. The van der Waals surface area contributed by atoms with Crippen molar-refractivity contribution in [3.8, 4) is 5.75 Å². The van der Waals surface area contributed by atoms with E-state index in [9.17, 15) is 0 Å². The molecule has 1 rings (SSSR count). The van der Waals surface area contributed by atoms with E-state index in [4.69, 9.17) is 9.84 Å². The SMILES string of the molecule is C=CCOc1ccccc1CN=C(NCC)NCC(C)CO.I. The highest BCUT2D eigenvalue weighted by atomic mass is 127. The molecule has 5 nitrogen and oxygen atoms in total. The Morgan fingerprint density at radius 1 is 1.39 bits per heavy atom. The maximum absolute atomic E-state index is 9.08. The van der Waals surface area contributed by atoms with E-state index in [2.05, 4.69) is 22.2 Å². The van der Waals surface area contributed by atoms with Crippen molar-refractivity contribution in [3.63, 3.8) is 0 Å². The summed E-state index contributed by atoms with van der Waals surface area (Å²) >= 11 is 0. The van der Waals surface area contributed by atoms with E-state index in [1.165, 1.54) is 0 Å². The molecule has 23 heavy (non-hydrogen) atoms. The fraction of sp³-hybridized carbons (Fsp3) is 0.471. The summed E-state index contributed by atoms with van der Waals surface area (Å²) in [4.78, 5) is 4.57. The lowest BCUT2D eigenvalue weighted by atomic mass is 10.2. The maximum Gasteiger partial charge on any atom is 0.191 e. The Morgan fingerprint density at radius 2 is 2.13 bits per heavy atom. The number of hydrogen-bond acceptors (Lipinski definition) is 3. The molecule has 1 unspecified atom stereocenters. The number of nitrogens with one attached hydrogen (secondary N) is 2. The second-order valence-electron chi connectivity index (χ2n) is 5.07. The second kappa shape index (κ2) is 13.2. The van der Waals surface area contributed by atoms with Crippen molar-refractivity contribution in [2.75, 3.05) is 26.3 Å². The average Bonchev–Trinajstić information content (AvgIpc) is 2.55. The van der Waals surface area contributed by atoms with Crippen LogP contribution in [0.1, 0.15) is 19.4 Å². The first-order chi connectivity index (χ1) is 10.7. The summed E-state index contributed by atoms with van der Waals surface area (Å²) in [6.07, 6.45) is 1.72. The standard InChI is InChI=1S/C17H27N3O2.HI/c1-4-10-22-16-9-7-6-8-15(16)12-20-17(18-5-2)19-11-14(3)13-21;/h4,6-9,14,21H,1,5,10-13H2,2-3H3,(H2,18,19,20);1H.